The number of rotatable bonds is 6. The van der Waals surface area contributed by atoms with Crippen LogP contribution in [0.15, 0.2) is 59.8 Å². The Morgan fingerprint density at radius 3 is 2.25 bits per heavy atom. The Balaban J connectivity index is 0. The lowest BCUT2D eigenvalue weighted by Crippen LogP contribution is -2.36. The van der Waals surface area contributed by atoms with Crippen molar-refractivity contribution in [3.63, 3.8) is 0 Å². The molecule has 1 aromatic rings. The lowest BCUT2D eigenvalue weighted by atomic mass is 9.95. The summed E-state index contributed by atoms with van der Waals surface area (Å²) in [4.78, 5) is 0. The molecule has 1 fully saturated rings. The van der Waals surface area contributed by atoms with Gasteiger partial charge in [-0.2, -0.15) is 26.3 Å². The third-order valence-electron chi connectivity index (χ3n) is 4.93. The summed E-state index contributed by atoms with van der Waals surface area (Å²) >= 11 is 6.44. The molecule has 0 aromatic heterocycles. The lowest BCUT2D eigenvalue weighted by molar-refractivity contribution is -0.137. The summed E-state index contributed by atoms with van der Waals surface area (Å²) in [5, 5.41) is 6.33. The van der Waals surface area contributed by atoms with E-state index < -0.39 is 23.5 Å². The van der Waals surface area contributed by atoms with E-state index in [4.69, 9.17) is 0 Å². The maximum atomic E-state index is 13.0. The molecule has 10 heteroatoms. The van der Waals surface area contributed by atoms with Gasteiger partial charge in [-0.15, -0.1) is 36.2 Å². The maximum absolute atomic E-state index is 13.0. The minimum Gasteiger partial charge on any atom is -0.387 e. The van der Waals surface area contributed by atoms with Crippen molar-refractivity contribution in [3.05, 3.63) is 65.4 Å². The van der Waals surface area contributed by atoms with Crippen LogP contribution in [0.3, 0.4) is 0 Å². The van der Waals surface area contributed by atoms with Gasteiger partial charge in [0, 0.05) is 23.5 Å². The predicted octanol–water partition coefficient (Wildman–Crippen LogP) is 8.88. The molecule has 0 amide bonds. The van der Waals surface area contributed by atoms with E-state index in [9.17, 15) is 26.3 Å². The quantitative estimate of drug-likeness (QED) is 0.0928. The smallest absolute Gasteiger partial charge is 0.387 e. The number of piperidine rings is 1. The molecule has 204 valence electrons. The van der Waals surface area contributed by atoms with Gasteiger partial charge >= 0.3 is 12.4 Å². The second-order valence-corrected chi connectivity index (χ2v) is 7.61. The van der Waals surface area contributed by atoms with Crippen LogP contribution in [-0.4, -0.2) is 18.8 Å². The van der Waals surface area contributed by atoms with Crippen molar-refractivity contribution >= 4 is 29.0 Å². The monoisotopic (exact) mass is 554 g/mol. The van der Waals surface area contributed by atoms with Crippen molar-refractivity contribution in [2.24, 2.45) is 5.92 Å². The van der Waals surface area contributed by atoms with Crippen LogP contribution in [0.2, 0.25) is 0 Å². The number of anilines is 1. The molecule has 2 N–H and O–H groups in total. The van der Waals surface area contributed by atoms with Gasteiger partial charge in [0.05, 0.1) is 11.6 Å². The van der Waals surface area contributed by atoms with Crippen LogP contribution in [0, 0.1) is 18.8 Å². The van der Waals surface area contributed by atoms with Crippen molar-refractivity contribution in [1.29, 1.82) is 0 Å². The van der Waals surface area contributed by atoms with E-state index in [0.717, 1.165) is 30.3 Å². The number of allylic oxidation sites excluding steroid dienone is 4. The third kappa shape index (κ3) is 13.3. The highest BCUT2D eigenvalue weighted by atomic mass is 33.1. The zero-order valence-corrected chi connectivity index (χ0v) is 22.8. The summed E-state index contributed by atoms with van der Waals surface area (Å²) in [6, 6.07) is 4.72. The number of halogens is 6. The lowest BCUT2D eigenvalue weighted by Gasteiger charge is -2.29. The molecule has 1 saturated heterocycles. The van der Waals surface area contributed by atoms with Crippen LogP contribution in [0.4, 0.5) is 32.0 Å². The molecule has 36 heavy (non-hydrogen) atoms. The number of terminal acetylenes is 1. The van der Waals surface area contributed by atoms with E-state index in [1.165, 1.54) is 6.07 Å². The van der Waals surface area contributed by atoms with E-state index in [1.807, 2.05) is 13.8 Å². The average molecular weight is 555 g/mol. The van der Waals surface area contributed by atoms with Crippen molar-refractivity contribution in [1.82, 2.24) is 5.32 Å². The van der Waals surface area contributed by atoms with Crippen LogP contribution in [0.5, 0.6) is 0 Å². The number of hydrogen-bond acceptors (Lipinski definition) is 4. The Bertz CT molecular complexity index is 856. The first-order valence-electron chi connectivity index (χ1n) is 11.3. The molecule has 1 aromatic carbocycles. The number of thiol groups is 2. The van der Waals surface area contributed by atoms with Gasteiger partial charge in [0.15, 0.2) is 0 Å². The molecule has 0 saturated carbocycles. The Hall–Kier alpha value is -2.12. The second-order valence-electron chi connectivity index (χ2n) is 7.61. The molecule has 2 rings (SSSR count). The Morgan fingerprint density at radius 2 is 1.75 bits per heavy atom. The van der Waals surface area contributed by atoms with Gasteiger partial charge in [-0.1, -0.05) is 58.1 Å². The summed E-state index contributed by atoms with van der Waals surface area (Å²) in [6.45, 7) is 11.4. The van der Waals surface area contributed by atoms with Crippen molar-refractivity contribution in [2.45, 2.75) is 65.4 Å². The molecule has 0 radical (unpaired) electrons. The van der Waals surface area contributed by atoms with E-state index >= 15 is 0 Å². The van der Waals surface area contributed by atoms with Crippen LogP contribution in [0.1, 0.15) is 52.5 Å². The fourth-order valence-corrected chi connectivity index (χ4v) is 3.16. The van der Waals surface area contributed by atoms with Gasteiger partial charge in [-0.3, -0.25) is 0 Å². The van der Waals surface area contributed by atoms with Crippen molar-refractivity contribution < 1.29 is 26.3 Å². The highest BCUT2D eigenvalue weighted by Gasteiger charge is 2.31. The van der Waals surface area contributed by atoms with Gasteiger partial charge < -0.3 is 10.6 Å². The fourth-order valence-electron chi connectivity index (χ4n) is 3.16. The molecule has 1 atom stereocenters. The second kappa shape index (κ2) is 18.2. The molecule has 1 aliphatic rings. The zero-order chi connectivity index (χ0) is 28.5. The number of nitrogens with one attached hydrogen (secondary N) is 2. The Labute approximate surface area is 221 Å². The zero-order valence-electron chi connectivity index (χ0n) is 21.0. The summed E-state index contributed by atoms with van der Waals surface area (Å²) < 4.78 is 77.3. The summed E-state index contributed by atoms with van der Waals surface area (Å²) in [6.07, 6.45) is 3.77. The Morgan fingerprint density at radius 1 is 1.17 bits per heavy atom. The average Bonchev–Trinajstić information content (AvgIpc) is 2.85. The first-order chi connectivity index (χ1) is 16.9. The first-order valence-corrected chi connectivity index (χ1v) is 12.9. The molecule has 1 aliphatic heterocycles. The minimum absolute atomic E-state index is 0.112. The van der Waals surface area contributed by atoms with Gasteiger partial charge in [-0.05, 0) is 43.4 Å². The number of alkyl halides is 6. The summed E-state index contributed by atoms with van der Waals surface area (Å²) in [5.41, 5.74) is 0.0460. The number of hydrogen-bond donors (Lipinski definition) is 4. The topological polar surface area (TPSA) is 24.1 Å². The highest BCUT2D eigenvalue weighted by molar-refractivity contribution is 8.59. The first kappa shape index (κ1) is 36.0. The van der Waals surface area contributed by atoms with Crippen LogP contribution >= 0.6 is 23.3 Å². The van der Waals surface area contributed by atoms with Crippen LogP contribution < -0.4 is 10.6 Å². The molecule has 0 spiro atoms. The van der Waals surface area contributed by atoms with Crippen LogP contribution in [0.25, 0.3) is 0 Å². The molecule has 1 heterocycles. The molecule has 2 nitrogen and oxygen atoms in total. The van der Waals surface area contributed by atoms with Gasteiger partial charge in [0.25, 0.3) is 0 Å². The largest absolute Gasteiger partial charge is 0.416 e. The van der Waals surface area contributed by atoms with Gasteiger partial charge in [-0.25, -0.2) is 0 Å². The predicted molar refractivity (Wildman–Crippen MR) is 146 cm³/mol. The standard InChI is InChI=1S/C22H26F6N2.C2H6.C2H2.H2S2/c1-14(2)16(12-15(3)21(23,24)25)9-10-19-20(8-5-11-29-19)30-18-7-4-6-17(13-18)22(26,27)28;3*1-2/h4,6-7,10,12-14,20,29-30H,3,5,8-9,11H2,1-2H3;1-2H3;2*1-2H/b16-12-,19-10-;;;. The van der Waals surface area contributed by atoms with E-state index in [2.05, 4.69) is 53.4 Å². The minimum atomic E-state index is -4.48. The SMILES string of the molecule is C#C.C=C(/C=C(/C/C=C1\NCCCC1Nc1cccc(C(F)(F)F)c1)C(C)C)C(F)(F)F.CC.SS. The maximum Gasteiger partial charge on any atom is 0.416 e. The van der Waals surface area contributed by atoms with Gasteiger partial charge in [0.1, 0.15) is 0 Å². The third-order valence-corrected chi connectivity index (χ3v) is 4.93. The van der Waals surface area contributed by atoms with Crippen molar-refractivity contribution in [3.8, 4) is 12.8 Å². The molecular formula is C26H36F6N2S2. The molecule has 0 bridgehead atoms. The molecule has 0 aliphatic carbocycles. The van der Waals surface area contributed by atoms with E-state index in [-0.39, 0.29) is 18.4 Å². The molecular weight excluding hydrogens is 518 g/mol. The van der Waals surface area contributed by atoms with Crippen molar-refractivity contribution in [2.75, 3.05) is 11.9 Å². The normalized spacial score (nSPS) is 16.8. The van der Waals surface area contributed by atoms with Crippen LogP contribution in [-0.2, 0) is 6.18 Å². The number of benzene rings is 1. The van der Waals surface area contributed by atoms with Gasteiger partial charge in [0.2, 0.25) is 0 Å². The highest BCUT2D eigenvalue weighted by Crippen LogP contribution is 2.32. The summed E-state index contributed by atoms with van der Waals surface area (Å²) in [7, 11) is 0. The Kier molecular flexibility index (Phi) is 18.2. The summed E-state index contributed by atoms with van der Waals surface area (Å²) in [5.74, 6) is -0.112. The van der Waals surface area contributed by atoms with E-state index in [0.29, 0.717) is 24.2 Å². The fraction of sp³-hybridized carbons (Fsp3) is 0.462. The molecule has 1 unspecified atom stereocenters. The van der Waals surface area contributed by atoms with E-state index in [1.54, 1.807) is 26.0 Å².